The molecule has 1 N–H and O–H groups in total. The van der Waals surface area contributed by atoms with Crippen LogP contribution < -0.4 is 5.32 Å². The number of alkyl halides is 2. The van der Waals surface area contributed by atoms with Gasteiger partial charge in [-0.1, -0.05) is 0 Å². The van der Waals surface area contributed by atoms with Gasteiger partial charge in [0.1, 0.15) is 5.82 Å². The second kappa shape index (κ2) is 6.09. The maximum absolute atomic E-state index is 12.8. The van der Waals surface area contributed by atoms with Crippen LogP contribution in [0, 0.1) is 5.92 Å². The van der Waals surface area contributed by atoms with E-state index in [0.29, 0.717) is 12.4 Å². The minimum absolute atomic E-state index is 0.182. The Balaban J connectivity index is 1.47. The van der Waals surface area contributed by atoms with Crippen LogP contribution in [0.5, 0.6) is 0 Å². The lowest BCUT2D eigenvalue weighted by Gasteiger charge is -2.32. The summed E-state index contributed by atoms with van der Waals surface area (Å²) in [6, 6.07) is 0.226. The fourth-order valence-corrected chi connectivity index (χ4v) is 2.74. The molecule has 1 aliphatic heterocycles. The van der Waals surface area contributed by atoms with Crippen molar-refractivity contribution in [2.45, 2.75) is 44.8 Å². The summed E-state index contributed by atoms with van der Waals surface area (Å²) in [6.45, 7) is -0.518. The van der Waals surface area contributed by atoms with Crippen LogP contribution >= 0.6 is 0 Å². The number of nitrogens with zero attached hydrogens (tertiary/aromatic N) is 3. The Bertz CT molecular complexity index is 493. The number of carbonyl (C=O) groups is 1. The van der Waals surface area contributed by atoms with Gasteiger partial charge in [-0.05, 0) is 25.7 Å². The molecule has 0 aromatic carbocycles. The largest absolute Gasteiger partial charge is 0.353 e. The highest BCUT2D eigenvalue weighted by Crippen LogP contribution is 2.29. The Kier molecular flexibility index (Phi) is 4.19. The summed E-state index contributed by atoms with van der Waals surface area (Å²) in [7, 11) is 0. The third kappa shape index (κ3) is 3.58. The molecule has 7 heteroatoms. The van der Waals surface area contributed by atoms with E-state index in [1.54, 1.807) is 0 Å². The van der Waals surface area contributed by atoms with Crippen LogP contribution in [0.25, 0.3) is 0 Å². The number of piperidine rings is 1. The van der Waals surface area contributed by atoms with E-state index in [9.17, 15) is 13.6 Å². The van der Waals surface area contributed by atoms with E-state index in [1.807, 2.05) is 0 Å². The smallest absolute Gasteiger partial charge is 0.319 e. The predicted molar refractivity (Wildman–Crippen MR) is 72.6 cm³/mol. The minimum atomic E-state index is -2.54. The first-order chi connectivity index (χ1) is 10.1. The first-order valence-corrected chi connectivity index (χ1v) is 7.46. The van der Waals surface area contributed by atoms with E-state index in [1.165, 1.54) is 12.4 Å². The maximum atomic E-state index is 12.8. The Morgan fingerprint density at radius 3 is 2.67 bits per heavy atom. The number of imidazole rings is 1. The lowest BCUT2D eigenvalue weighted by Crippen LogP contribution is -2.45. The van der Waals surface area contributed by atoms with Crippen LogP contribution in [0.4, 0.5) is 8.78 Å². The van der Waals surface area contributed by atoms with Crippen molar-refractivity contribution in [3.05, 3.63) is 18.2 Å². The molecule has 0 spiro atoms. The lowest BCUT2D eigenvalue weighted by molar-refractivity contribution is -0.123. The molecule has 3 rings (SSSR count). The van der Waals surface area contributed by atoms with E-state index < -0.39 is 6.55 Å². The van der Waals surface area contributed by atoms with Crippen molar-refractivity contribution in [2.24, 2.45) is 5.92 Å². The number of aromatic nitrogens is 2. The Labute approximate surface area is 122 Å². The summed E-state index contributed by atoms with van der Waals surface area (Å²) in [5.41, 5.74) is 0. The van der Waals surface area contributed by atoms with Crippen LogP contribution in [0.3, 0.4) is 0 Å². The molecule has 2 aliphatic rings. The average Bonchev–Trinajstić information content (AvgIpc) is 3.21. The lowest BCUT2D eigenvalue weighted by atomic mass is 10.0. The molecule has 1 aromatic rings. The fourth-order valence-electron chi connectivity index (χ4n) is 2.74. The second-order valence-electron chi connectivity index (χ2n) is 5.86. The van der Waals surface area contributed by atoms with Crippen molar-refractivity contribution in [3.8, 4) is 0 Å². The highest BCUT2D eigenvalue weighted by molar-refractivity contribution is 5.81. The van der Waals surface area contributed by atoms with Crippen molar-refractivity contribution in [2.75, 3.05) is 13.1 Å². The molecule has 0 atom stereocenters. The van der Waals surface area contributed by atoms with Crippen molar-refractivity contribution >= 4 is 5.91 Å². The summed E-state index contributed by atoms with van der Waals surface area (Å²) in [5.74, 6) is 0.814. The van der Waals surface area contributed by atoms with Gasteiger partial charge in [0.25, 0.3) is 0 Å². The number of likely N-dealkylation sites (tertiary alicyclic amines) is 1. The molecule has 1 aromatic heterocycles. The number of amides is 1. The molecule has 1 saturated carbocycles. The molecule has 1 aliphatic carbocycles. The molecule has 0 unspecified atom stereocenters. The Morgan fingerprint density at radius 2 is 2.05 bits per heavy atom. The molecule has 0 radical (unpaired) electrons. The van der Waals surface area contributed by atoms with Gasteiger partial charge in [0.15, 0.2) is 0 Å². The number of nitrogens with one attached hydrogen (secondary N) is 1. The van der Waals surface area contributed by atoms with E-state index in [2.05, 4.69) is 15.2 Å². The predicted octanol–water partition coefficient (Wildman–Crippen LogP) is 1.77. The first kappa shape index (κ1) is 14.4. The summed E-state index contributed by atoms with van der Waals surface area (Å²) in [4.78, 5) is 17.8. The van der Waals surface area contributed by atoms with Crippen LogP contribution in [-0.4, -0.2) is 39.5 Å². The number of hydrogen-bond acceptors (Lipinski definition) is 3. The molecule has 1 saturated heterocycles. The second-order valence-corrected chi connectivity index (χ2v) is 5.86. The zero-order valence-corrected chi connectivity index (χ0v) is 11.8. The van der Waals surface area contributed by atoms with Gasteiger partial charge < -0.3 is 5.32 Å². The minimum Gasteiger partial charge on any atom is -0.353 e. The van der Waals surface area contributed by atoms with Crippen molar-refractivity contribution in [1.29, 1.82) is 0 Å². The Hall–Kier alpha value is -1.50. The van der Waals surface area contributed by atoms with Crippen LogP contribution in [0.15, 0.2) is 12.4 Å². The third-order valence-electron chi connectivity index (χ3n) is 4.21. The molecular formula is C14H20F2N4O. The van der Waals surface area contributed by atoms with Crippen LogP contribution in [-0.2, 0) is 11.3 Å². The zero-order chi connectivity index (χ0) is 14.8. The molecule has 2 heterocycles. The van der Waals surface area contributed by atoms with Gasteiger partial charge in [-0.3, -0.25) is 14.3 Å². The van der Waals surface area contributed by atoms with Gasteiger partial charge in [0, 0.05) is 37.4 Å². The number of halogens is 2. The van der Waals surface area contributed by atoms with Crippen molar-refractivity contribution in [1.82, 2.24) is 19.8 Å². The molecule has 1 amide bonds. The normalized spacial score (nSPS) is 20.9. The third-order valence-corrected chi connectivity index (χ3v) is 4.21. The summed E-state index contributed by atoms with van der Waals surface area (Å²) >= 11 is 0. The van der Waals surface area contributed by atoms with Gasteiger partial charge in [0.05, 0.1) is 6.54 Å². The summed E-state index contributed by atoms with van der Waals surface area (Å²) in [6.07, 6.45) is 6.48. The summed E-state index contributed by atoms with van der Waals surface area (Å²) in [5, 5.41) is 3.08. The van der Waals surface area contributed by atoms with Crippen LogP contribution in [0.1, 0.15) is 38.1 Å². The van der Waals surface area contributed by atoms with Gasteiger partial charge >= 0.3 is 6.55 Å². The van der Waals surface area contributed by atoms with E-state index >= 15 is 0 Å². The van der Waals surface area contributed by atoms with E-state index in [0.717, 1.165) is 43.3 Å². The number of hydrogen-bond donors (Lipinski definition) is 1. The number of carbonyl (C=O) groups excluding carboxylic acids is 1. The average molecular weight is 298 g/mol. The molecule has 5 nitrogen and oxygen atoms in total. The van der Waals surface area contributed by atoms with Gasteiger partial charge in [-0.2, -0.15) is 8.78 Å². The SMILES string of the molecule is O=C(NC1CCN(Cc2nccn2C(F)F)CC1)C1CC1. The van der Waals surface area contributed by atoms with E-state index in [4.69, 9.17) is 0 Å². The van der Waals surface area contributed by atoms with Gasteiger partial charge in [-0.25, -0.2) is 4.98 Å². The fraction of sp³-hybridized carbons (Fsp3) is 0.714. The first-order valence-electron chi connectivity index (χ1n) is 7.46. The molecule has 21 heavy (non-hydrogen) atoms. The quantitative estimate of drug-likeness (QED) is 0.901. The molecular weight excluding hydrogens is 278 g/mol. The highest BCUT2D eigenvalue weighted by atomic mass is 19.3. The van der Waals surface area contributed by atoms with Crippen molar-refractivity contribution in [3.63, 3.8) is 0 Å². The maximum Gasteiger partial charge on any atom is 0.319 e. The molecule has 116 valence electrons. The monoisotopic (exact) mass is 298 g/mol. The van der Waals surface area contributed by atoms with E-state index in [-0.39, 0.29) is 17.9 Å². The molecule has 0 bridgehead atoms. The standard InChI is InChI=1S/C14H20F2N4O/c15-14(16)20-8-5-17-12(20)9-19-6-3-11(4-7-19)18-13(21)10-1-2-10/h5,8,10-11,14H,1-4,6-7,9H2,(H,18,21). The van der Waals surface area contributed by atoms with Gasteiger partial charge in [0.2, 0.25) is 5.91 Å². The zero-order valence-electron chi connectivity index (χ0n) is 11.8. The topological polar surface area (TPSA) is 50.2 Å². The number of rotatable bonds is 5. The highest BCUT2D eigenvalue weighted by Gasteiger charge is 2.31. The van der Waals surface area contributed by atoms with Crippen molar-refractivity contribution < 1.29 is 13.6 Å². The summed E-state index contributed by atoms with van der Waals surface area (Å²) < 4.78 is 26.4. The van der Waals surface area contributed by atoms with Crippen LogP contribution in [0.2, 0.25) is 0 Å². The Morgan fingerprint density at radius 1 is 1.33 bits per heavy atom. The van der Waals surface area contributed by atoms with Gasteiger partial charge in [-0.15, -0.1) is 0 Å². The molecule has 2 fully saturated rings.